The maximum Gasteiger partial charge on any atom is 0.260 e. The monoisotopic (exact) mass is 165 g/mol. The Labute approximate surface area is 67.2 Å². The first kappa shape index (κ1) is 10.8. The van der Waals surface area contributed by atoms with Crippen LogP contribution in [0.3, 0.4) is 0 Å². The molecule has 0 aromatic heterocycles. The van der Waals surface area contributed by atoms with Gasteiger partial charge >= 0.3 is 0 Å². The molecule has 1 aliphatic heterocycles. The molecule has 0 spiro atoms. The third-order valence-electron chi connectivity index (χ3n) is 1.65. The van der Waals surface area contributed by atoms with Crippen molar-refractivity contribution in [3.05, 3.63) is 0 Å². The van der Waals surface area contributed by atoms with Gasteiger partial charge in [-0.3, -0.25) is 0 Å². The van der Waals surface area contributed by atoms with Crippen LogP contribution in [0, 0.1) is 0 Å². The average Bonchev–Trinajstić information content (AvgIpc) is 2.00. The molecule has 0 radical (unpaired) electrons. The summed E-state index contributed by atoms with van der Waals surface area (Å²) in [5, 5.41) is 2.72. The SMILES string of the molecule is CC.CC1CCC(F)(F)CN1. The molecule has 3 heteroatoms. The predicted molar refractivity (Wildman–Crippen MR) is 43.0 cm³/mol. The number of nitrogens with one attached hydrogen (secondary N) is 1. The summed E-state index contributed by atoms with van der Waals surface area (Å²) in [5.41, 5.74) is 0. The summed E-state index contributed by atoms with van der Waals surface area (Å²) in [5.74, 6) is -2.45. The van der Waals surface area contributed by atoms with Gasteiger partial charge in [0, 0.05) is 12.5 Å². The van der Waals surface area contributed by atoms with E-state index < -0.39 is 5.92 Å². The third-order valence-corrected chi connectivity index (χ3v) is 1.65. The van der Waals surface area contributed by atoms with E-state index >= 15 is 0 Å². The van der Waals surface area contributed by atoms with Crippen molar-refractivity contribution in [1.29, 1.82) is 0 Å². The Balaban J connectivity index is 0.000000461. The Morgan fingerprint density at radius 1 is 1.36 bits per heavy atom. The average molecular weight is 165 g/mol. The van der Waals surface area contributed by atoms with Crippen molar-refractivity contribution in [3.8, 4) is 0 Å². The molecule has 11 heavy (non-hydrogen) atoms. The molecule has 0 saturated carbocycles. The smallest absolute Gasteiger partial charge is 0.260 e. The zero-order valence-electron chi connectivity index (χ0n) is 7.45. The lowest BCUT2D eigenvalue weighted by molar-refractivity contribution is -0.0285. The molecule has 1 heterocycles. The van der Waals surface area contributed by atoms with E-state index in [0.717, 1.165) is 0 Å². The van der Waals surface area contributed by atoms with Crippen LogP contribution in [0.2, 0.25) is 0 Å². The van der Waals surface area contributed by atoms with Gasteiger partial charge in [0.1, 0.15) is 0 Å². The maximum atomic E-state index is 12.3. The highest BCUT2D eigenvalue weighted by Gasteiger charge is 2.32. The summed E-state index contributed by atoms with van der Waals surface area (Å²) in [6, 6.07) is 0.268. The van der Waals surface area contributed by atoms with Gasteiger partial charge in [-0.05, 0) is 13.3 Å². The van der Waals surface area contributed by atoms with E-state index in [2.05, 4.69) is 5.32 Å². The van der Waals surface area contributed by atoms with Crippen molar-refractivity contribution in [2.75, 3.05) is 6.54 Å². The van der Waals surface area contributed by atoms with Crippen molar-refractivity contribution in [1.82, 2.24) is 5.32 Å². The Bertz CT molecular complexity index is 94.3. The summed E-state index contributed by atoms with van der Waals surface area (Å²) in [4.78, 5) is 0. The van der Waals surface area contributed by atoms with Crippen LogP contribution >= 0.6 is 0 Å². The van der Waals surface area contributed by atoms with Gasteiger partial charge in [-0.2, -0.15) is 0 Å². The Kier molecular flexibility index (Phi) is 4.57. The van der Waals surface area contributed by atoms with Gasteiger partial charge in [0.05, 0.1) is 6.54 Å². The van der Waals surface area contributed by atoms with E-state index in [1.165, 1.54) is 0 Å². The molecule has 1 saturated heterocycles. The fourth-order valence-corrected chi connectivity index (χ4v) is 0.942. The first-order valence-corrected chi connectivity index (χ1v) is 4.21. The van der Waals surface area contributed by atoms with Crippen LogP contribution in [0.4, 0.5) is 8.78 Å². The maximum absolute atomic E-state index is 12.3. The largest absolute Gasteiger partial charge is 0.309 e. The normalized spacial score (nSPS) is 28.6. The molecule has 1 nitrogen and oxygen atoms in total. The minimum absolute atomic E-state index is 0.0428. The van der Waals surface area contributed by atoms with Gasteiger partial charge in [-0.1, -0.05) is 13.8 Å². The lowest BCUT2D eigenvalue weighted by Gasteiger charge is -2.26. The Morgan fingerprint density at radius 2 is 1.91 bits per heavy atom. The van der Waals surface area contributed by atoms with Crippen molar-refractivity contribution < 1.29 is 8.78 Å². The van der Waals surface area contributed by atoms with Gasteiger partial charge < -0.3 is 5.32 Å². The predicted octanol–water partition coefficient (Wildman–Crippen LogP) is 2.42. The van der Waals surface area contributed by atoms with E-state index in [9.17, 15) is 8.78 Å². The number of halogens is 2. The summed E-state index contributed by atoms with van der Waals surface area (Å²) < 4.78 is 24.6. The second-order valence-corrected chi connectivity index (χ2v) is 2.68. The minimum atomic E-state index is -2.45. The van der Waals surface area contributed by atoms with Gasteiger partial charge in [0.2, 0.25) is 0 Å². The van der Waals surface area contributed by atoms with Crippen LogP contribution in [-0.2, 0) is 0 Å². The second kappa shape index (κ2) is 4.65. The zero-order chi connectivity index (χ0) is 8.91. The molecule has 1 unspecified atom stereocenters. The molecule has 1 fully saturated rings. The zero-order valence-corrected chi connectivity index (χ0v) is 7.45. The molecule has 0 aromatic carbocycles. The fourth-order valence-electron chi connectivity index (χ4n) is 0.942. The molecule has 0 aromatic rings. The topological polar surface area (TPSA) is 12.0 Å². The molecular formula is C8H17F2N. The lowest BCUT2D eigenvalue weighted by Crippen LogP contribution is -2.43. The van der Waals surface area contributed by atoms with Gasteiger partial charge in [-0.15, -0.1) is 0 Å². The first-order chi connectivity index (χ1) is 5.10. The van der Waals surface area contributed by atoms with Crippen molar-refractivity contribution >= 4 is 0 Å². The number of alkyl halides is 2. The molecular weight excluding hydrogens is 148 g/mol. The lowest BCUT2D eigenvalue weighted by atomic mass is 10.0. The molecule has 1 N–H and O–H groups in total. The fraction of sp³-hybridized carbons (Fsp3) is 1.00. The molecule has 1 rings (SSSR count). The minimum Gasteiger partial charge on any atom is -0.309 e. The second-order valence-electron chi connectivity index (χ2n) is 2.68. The van der Waals surface area contributed by atoms with Crippen molar-refractivity contribution in [3.63, 3.8) is 0 Å². The van der Waals surface area contributed by atoms with Crippen molar-refractivity contribution in [2.24, 2.45) is 0 Å². The Morgan fingerprint density at radius 3 is 2.18 bits per heavy atom. The van der Waals surface area contributed by atoms with Crippen LogP contribution in [0.25, 0.3) is 0 Å². The summed E-state index contributed by atoms with van der Waals surface area (Å²) in [6.07, 6.45) is 0.633. The third kappa shape index (κ3) is 4.30. The molecule has 1 aliphatic rings. The van der Waals surface area contributed by atoms with E-state index in [4.69, 9.17) is 0 Å². The van der Waals surface area contributed by atoms with E-state index in [-0.39, 0.29) is 19.0 Å². The number of hydrogen-bond acceptors (Lipinski definition) is 1. The summed E-state index contributed by atoms with van der Waals surface area (Å²) in [6.45, 7) is 5.78. The van der Waals surface area contributed by atoms with Gasteiger partial charge in [0.15, 0.2) is 0 Å². The van der Waals surface area contributed by atoms with Gasteiger partial charge in [0.25, 0.3) is 5.92 Å². The Hall–Kier alpha value is -0.180. The molecule has 1 atom stereocenters. The number of piperidine rings is 1. The van der Waals surface area contributed by atoms with E-state index in [1.54, 1.807) is 0 Å². The summed E-state index contributed by atoms with van der Waals surface area (Å²) in [7, 11) is 0. The standard InChI is InChI=1S/C6H11F2N.C2H6/c1-5-2-3-6(7,8)4-9-5;1-2/h5,9H,2-4H2,1H3;1-2H3. The van der Waals surface area contributed by atoms with Crippen LogP contribution in [-0.4, -0.2) is 18.5 Å². The molecule has 0 bridgehead atoms. The first-order valence-electron chi connectivity index (χ1n) is 4.21. The van der Waals surface area contributed by atoms with Crippen molar-refractivity contribution in [2.45, 2.75) is 45.6 Å². The van der Waals surface area contributed by atoms with Gasteiger partial charge in [-0.25, -0.2) is 8.78 Å². The van der Waals surface area contributed by atoms with Crippen LogP contribution < -0.4 is 5.32 Å². The quantitative estimate of drug-likeness (QED) is 0.581. The highest BCUT2D eigenvalue weighted by molar-refractivity contribution is 4.79. The summed E-state index contributed by atoms with van der Waals surface area (Å²) >= 11 is 0. The van der Waals surface area contributed by atoms with Crippen LogP contribution in [0.15, 0.2) is 0 Å². The number of hydrogen-bond donors (Lipinski definition) is 1. The van der Waals surface area contributed by atoms with Crippen LogP contribution in [0.1, 0.15) is 33.6 Å². The highest BCUT2D eigenvalue weighted by Crippen LogP contribution is 2.23. The molecule has 0 amide bonds. The highest BCUT2D eigenvalue weighted by atomic mass is 19.3. The molecule has 68 valence electrons. The van der Waals surface area contributed by atoms with E-state index in [0.29, 0.717) is 6.42 Å². The molecule has 0 aliphatic carbocycles. The van der Waals surface area contributed by atoms with E-state index in [1.807, 2.05) is 20.8 Å². The number of rotatable bonds is 0. The van der Waals surface area contributed by atoms with Crippen LogP contribution in [0.5, 0.6) is 0 Å².